The number of hydrogen-bond donors (Lipinski definition) is 2. The van der Waals surface area contributed by atoms with Crippen LogP contribution in [0.25, 0.3) is 15.5 Å². The van der Waals surface area contributed by atoms with Crippen LogP contribution in [-0.2, 0) is 13.0 Å². The molecule has 4 aromatic rings. The second-order valence-corrected chi connectivity index (χ2v) is 7.75. The van der Waals surface area contributed by atoms with Gasteiger partial charge in [0, 0.05) is 18.5 Å². The third kappa shape index (κ3) is 4.19. The molecule has 2 aromatic carbocycles. The van der Waals surface area contributed by atoms with Crippen LogP contribution in [0.3, 0.4) is 0 Å². The Hall–Kier alpha value is -3.24. The maximum absolute atomic E-state index is 13.7. The van der Waals surface area contributed by atoms with Crippen LogP contribution in [0.1, 0.15) is 28.7 Å². The van der Waals surface area contributed by atoms with Crippen molar-refractivity contribution in [2.75, 3.05) is 0 Å². The summed E-state index contributed by atoms with van der Waals surface area (Å²) >= 11 is 6.62. The molecule has 0 unspecified atom stereocenters. The van der Waals surface area contributed by atoms with Crippen LogP contribution in [0.15, 0.2) is 48.5 Å². The van der Waals surface area contributed by atoms with Gasteiger partial charge in [-0.1, -0.05) is 54.7 Å². The van der Waals surface area contributed by atoms with E-state index < -0.39 is 11.7 Å². The summed E-state index contributed by atoms with van der Waals surface area (Å²) in [7, 11) is 0. The highest BCUT2D eigenvalue weighted by Crippen LogP contribution is 2.25. The molecule has 0 atom stereocenters. The molecule has 1 amide bonds. The highest BCUT2D eigenvalue weighted by molar-refractivity contribution is 7.80. The minimum atomic E-state index is -0.593. The third-order valence-electron chi connectivity index (χ3n) is 4.37. The Balaban J connectivity index is 1.36. The van der Waals surface area contributed by atoms with Gasteiger partial charge in [0.25, 0.3) is 5.91 Å². The Labute approximate surface area is 181 Å². The summed E-state index contributed by atoms with van der Waals surface area (Å²) in [6.45, 7) is 2.43. The fraction of sp³-hybridized carbons (Fsp3) is 0.150. The van der Waals surface area contributed by atoms with Crippen molar-refractivity contribution in [1.82, 2.24) is 30.4 Å². The molecule has 0 bridgehead atoms. The molecule has 0 radical (unpaired) electrons. The molecule has 0 saturated carbocycles. The number of fused-ring (bicyclic) bond motifs is 1. The average Bonchev–Trinajstić information content (AvgIpc) is 3.33. The number of carbonyl (C=O) groups excluding carboxylic acids is 1. The summed E-state index contributed by atoms with van der Waals surface area (Å²) in [4.78, 5) is 12.9. The average molecular weight is 441 g/mol. The first-order valence-electron chi connectivity index (χ1n) is 9.19. The highest BCUT2D eigenvalue weighted by Gasteiger charge is 2.13. The van der Waals surface area contributed by atoms with Gasteiger partial charge in [0.1, 0.15) is 10.8 Å². The van der Waals surface area contributed by atoms with Gasteiger partial charge in [-0.25, -0.2) is 4.39 Å². The number of nitrogens with one attached hydrogen (secondary N) is 2. The van der Waals surface area contributed by atoms with Crippen LogP contribution in [-0.4, -0.2) is 30.8 Å². The van der Waals surface area contributed by atoms with E-state index in [4.69, 9.17) is 12.2 Å². The van der Waals surface area contributed by atoms with Crippen molar-refractivity contribution in [3.05, 3.63) is 71.3 Å². The first-order chi connectivity index (χ1) is 14.5. The number of carbonyl (C=O) groups is 1. The summed E-state index contributed by atoms with van der Waals surface area (Å²) in [5.41, 5.74) is 1.90. The van der Waals surface area contributed by atoms with E-state index in [2.05, 4.69) is 25.9 Å². The van der Waals surface area contributed by atoms with E-state index in [1.807, 2.05) is 31.2 Å². The van der Waals surface area contributed by atoms with E-state index in [9.17, 15) is 9.18 Å². The number of benzene rings is 2. The molecule has 0 fully saturated rings. The SMILES string of the molecule is CCc1nnc2sc(-c3ccc(CNC(=S)NC(=O)c4ccccc4F)cc3)nn12. The Bertz CT molecular complexity index is 1220. The quantitative estimate of drug-likeness (QED) is 0.463. The van der Waals surface area contributed by atoms with Crippen molar-refractivity contribution in [1.29, 1.82) is 0 Å². The van der Waals surface area contributed by atoms with Crippen molar-refractivity contribution in [2.24, 2.45) is 0 Å². The van der Waals surface area contributed by atoms with Gasteiger partial charge in [-0.05, 0) is 29.9 Å². The maximum atomic E-state index is 13.7. The maximum Gasteiger partial charge on any atom is 0.260 e. The van der Waals surface area contributed by atoms with E-state index in [1.165, 1.54) is 29.5 Å². The van der Waals surface area contributed by atoms with Gasteiger partial charge in [0.15, 0.2) is 10.9 Å². The topological polar surface area (TPSA) is 84.2 Å². The second kappa shape index (κ2) is 8.64. The van der Waals surface area contributed by atoms with Crippen LogP contribution in [0.2, 0.25) is 0 Å². The normalized spacial score (nSPS) is 10.9. The molecule has 7 nitrogen and oxygen atoms in total. The highest BCUT2D eigenvalue weighted by atomic mass is 32.1. The first-order valence-corrected chi connectivity index (χ1v) is 10.4. The van der Waals surface area contributed by atoms with Gasteiger partial charge in [-0.15, -0.1) is 10.2 Å². The smallest absolute Gasteiger partial charge is 0.260 e. The number of amides is 1. The lowest BCUT2D eigenvalue weighted by Crippen LogP contribution is -2.39. The molecular formula is C20H17FN6OS2. The summed E-state index contributed by atoms with van der Waals surface area (Å²) in [5, 5.41) is 19.3. The Kier molecular flexibility index (Phi) is 5.77. The molecule has 0 aliphatic heterocycles. The summed E-state index contributed by atoms with van der Waals surface area (Å²) in [5.74, 6) is -0.347. The zero-order valence-electron chi connectivity index (χ0n) is 15.9. The zero-order valence-corrected chi connectivity index (χ0v) is 17.6. The fourth-order valence-corrected chi connectivity index (χ4v) is 3.83. The lowest BCUT2D eigenvalue weighted by Gasteiger charge is -2.10. The minimum Gasteiger partial charge on any atom is -0.358 e. The van der Waals surface area contributed by atoms with Gasteiger partial charge in [-0.3, -0.25) is 10.1 Å². The van der Waals surface area contributed by atoms with Gasteiger partial charge in [-0.2, -0.15) is 9.61 Å². The van der Waals surface area contributed by atoms with Crippen LogP contribution in [0, 0.1) is 5.82 Å². The number of aryl methyl sites for hydroxylation is 1. The van der Waals surface area contributed by atoms with E-state index in [-0.39, 0.29) is 10.7 Å². The number of aromatic nitrogens is 4. The van der Waals surface area contributed by atoms with E-state index in [1.54, 1.807) is 10.6 Å². The number of nitrogens with zero attached hydrogens (tertiary/aromatic N) is 4. The first kappa shape index (κ1) is 20.0. The monoisotopic (exact) mass is 440 g/mol. The molecule has 152 valence electrons. The Morgan fingerprint density at radius 2 is 1.93 bits per heavy atom. The lowest BCUT2D eigenvalue weighted by atomic mass is 10.1. The van der Waals surface area contributed by atoms with Gasteiger partial charge in [0.2, 0.25) is 4.96 Å². The number of hydrogen-bond acceptors (Lipinski definition) is 6. The molecule has 0 aliphatic carbocycles. The van der Waals surface area contributed by atoms with Crippen LogP contribution >= 0.6 is 23.6 Å². The molecular weight excluding hydrogens is 423 g/mol. The molecule has 2 aromatic heterocycles. The van der Waals surface area contributed by atoms with E-state index in [0.29, 0.717) is 6.54 Å². The van der Waals surface area contributed by atoms with Gasteiger partial charge < -0.3 is 5.32 Å². The largest absolute Gasteiger partial charge is 0.358 e. The van der Waals surface area contributed by atoms with Crippen molar-refractivity contribution in [3.8, 4) is 10.6 Å². The number of halogens is 1. The van der Waals surface area contributed by atoms with Crippen LogP contribution in [0.5, 0.6) is 0 Å². The van der Waals surface area contributed by atoms with Crippen molar-refractivity contribution >= 4 is 39.5 Å². The Morgan fingerprint density at radius 1 is 1.17 bits per heavy atom. The summed E-state index contributed by atoms with van der Waals surface area (Å²) in [6.07, 6.45) is 0.766. The predicted octanol–water partition coefficient (Wildman–Crippen LogP) is 3.36. The van der Waals surface area contributed by atoms with E-state index in [0.717, 1.165) is 33.3 Å². The molecule has 2 N–H and O–H groups in total. The fourth-order valence-electron chi connectivity index (χ4n) is 2.80. The molecule has 0 spiro atoms. The van der Waals surface area contributed by atoms with Crippen molar-refractivity contribution < 1.29 is 9.18 Å². The Morgan fingerprint density at radius 3 is 2.67 bits per heavy atom. The van der Waals surface area contributed by atoms with Gasteiger partial charge in [0.05, 0.1) is 5.56 Å². The van der Waals surface area contributed by atoms with Crippen LogP contribution in [0.4, 0.5) is 4.39 Å². The molecule has 30 heavy (non-hydrogen) atoms. The third-order valence-corrected chi connectivity index (χ3v) is 5.57. The number of rotatable bonds is 5. The van der Waals surface area contributed by atoms with Gasteiger partial charge >= 0.3 is 0 Å². The standard InChI is InChI=1S/C20H17FN6OS2/c1-2-16-24-25-20-27(16)26-18(30-20)13-9-7-12(8-10-13)11-22-19(29)23-17(28)14-5-3-4-6-15(14)21/h3-10H,2,11H2,1H3,(H2,22,23,28,29). The predicted molar refractivity (Wildman–Crippen MR) is 117 cm³/mol. The van der Waals surface area contributed by atoms with E-state index >= 15 is 0 Å². The zero-order chi connectivity index (χ0) is 21.1. The molecule has 0 aliphatic rings. The van der Waals surface area contributed by atoms with Crippen molar-refractivity contribution in [3.63, 3.8) is 0 Å². The lowest BCUT2D eigenvalue weighted by molar-refractivity contribution is 0.0972. The molecule has 4 rings (SSSR count). The summed E-state index contributed by atoms with van der Waals surface area (Å²) in [6, 6.07) is 13.6. The number of thiocarbonyl (C=S) groups is 1. The van der Waals surface area contributed by atoms with Crippen molar-refractivity contribution in [2.45, 2.75) is 19.9 Å². The molecule has 10 heteroatoms. The summed E-state index contributed by atoms with van der Waals surface area (Å²) < 4.78 is 15.4. The van der Waals surface area contributed by atoms with Crippen LogP contribution < -0.4 is 10.6 Å². The second-order valence-electron chi connectivity index (χ2n) is 6.38. The minimum absolute atomic E-state index is 0.0535. The molecule has 2 heterocycles. The molecule has 0 saturated heterocycles.